The van der Waals surface area contributed by atoms with Gasteiger partial charge in [-0.1, -0.05) is 12.8 Å². The molecule has 1 saturated heterocycles. The molecule has 0 aromatic carbocycles. The molecule has 1 amide bonds. The molecule has 68 valence electrons. The maximum absolute atomic E-state index is 11.6. The van der Waals surface area contributed by atoms with Crippen molar-refractivity contribution >= 4 is 5.91 Å². The van der Waals surface area contributed by atoms with E-state index < -0.39 is 0 Å². The lowest BCUT2D eigenvalue weighted by Crippen LogP contribution is -2.26. The summed E-state index contributed by atoms with van der Waals surface area (Å²) in [6.07, 6.45) is 4.77. The molecule has 2 unspecified atom stereocenters. The lowest BCUT2D eigenvalue weighted by molar-refractivity contribution is -0.169. The third-order valence-corrected chi connectivity index (χ3v) is 3.09. The summed E-state index contributed by atoms with van der Waals surface area (Å²) < 4.78 is 0. The molecular weight excluding hydrogens is 154 g/mol. The second-order valence-corrected chi connectivity index (χ2v) is 3.73. The van der Waals surface area contributed by atoms with Crippen LogP contribution in [-0.2, 0) is 9.63 Å². The van der Waals surface area contributed by atoms with Crippen molar-refractivity contribution in [1.82, 2.24) is 5.06 Å². The predicted octanol–water partition coefficient (Wildman–Crippen LogP) is 1.20. The third kappa shape index (κ3) is 1.12. The number of hydrogen-bond donors (Lipinski definition) is 0. The fourth-order valence-corrected chi connectivity index (χ4v) is 2.40. The maximum atomic E-state index is 11.6. The number of hydroxylamine groups is 2. The summed E-state index contributed by atoms with van der Waals surface area (Å²) >= 11 is 0. The van der Waals surface area contributed by atoms with Gasteiger partial charge in [-0.3, -0.25) is 9.63 Å². The normalized spacial score (nSPS) is 35.4. The topological polar surface area (TPSA) is 29.5 Å². The molecule has 1 aliphatic heterocycles. The van der Waals surface area contributed by atoms with Crippen LogP contribution in [-0.4, -0.2) is 24.6 Å². The molecule has 0 aromatic rings. The average Bonchev–Trinajstić information content (AvgIpc) is 2.44. The summed E-state index contributed by atoms with van der Waals surface area (Å²) in [5.41, 5.74) is 0. The van der Waals surface area contributed by atoms with Gasteiger partial charge in [-0.15, -0.1) is 0 Å². The number of hydrogen-bond acceptors (Lipinski definition) is 2. The molecule has 0 bridgehead atoms. The van der Waals surface area contributed by atoms with Crippen molar-refractivity contribution < 1.29 is 9.63 Å². The summed E-state index contributed by atoms with van der Waals surface area (Å²) in [5.74, 6) is 1.06. The SMILES string of the molecule is CON1CC2CCCCC2C1=O. The van der Waals surface area contributed by atoms with Crippen LogP contribution in [0.4, 0.5) is 0 Å². The van der Waals surface area contributed by atoms with Crippen molar-refractivity contribution in [2.24, 2.45) is 11.8 Å². The Hall–Kier alpha value is -0.570. The monoisotopic (exact) mass is 169 g/mol. The molecule has 0 aromatic heterocycles. The van der Waals surface area contributed by atoms with Crippen LogP contribution in [0.3, 0.4) is 0 Å². The summed E-state index contributed by atoms with van der Waals surface area (Å²) in [6, 6.07) is 0. The van der Waals surface area contributed by atoms with Crippen LogP contribution in [0, 0.1) is 11.8 Å². The van der Waals surface area contributed by atoms with Crippen molar-refractivity contribution in [1.29, 1.82) is 0 Å². The first-order valence-corrected chi connectivity index (χ1v) is 4.68. The first-order chi connectivity index (χ1) is 5.83. The van der Waals surface area contributed by atoms with Crippen LogP contribution in [0.25, 0.3) is 0 Å². The van der Waals surface area contributed by atoms with Crippen LogP contribution in [0.5, 0.6) is 0 Å². The molecule has 1 saturated carbocycles. The van der Waals surface area contributed by atoms with Gasteiger partial charge in [0.2, 0.25) is 5.91 Å². The Bertz CT molecular complexity index is 193. The van der Waals surface area contributed by atoms with E-state index in [-0.39, 0.29) is 11.8 Å². The fraction of sp³-hybridized carbons (Fsp3) is 0.889. The Morgan fingerprint density at radius 2 is 2.17 bits per heavy atom. The zero-order chi connectivity index (χ0) is 8.55. The van der Waals surface area contributed by atoms with Crippen LogP contribution in [0.15, 0.2) is 0 Å². The number of amides is 1. The Labute approximate surface area is 72.6 Å². The molecule has 2 aliphatic rings. The van der Waals surface area contributed by atoms with Gasteiger partial charge in [0.25, 0.3) is 0 Å². The van der Waals surface area contributed by atoms with Crippen molar-refractivity contribution in [2.45, 2.75) is 25.7 Å². The first kappa shape index (κ1) is 8.05. The molecule has 1 aliphatic carbocycles. The molecule has 2 rings (SSSR count). The van der Waals surface area contributed by atoms with Crippen molar-refractivity contribution in [3.8, 4) is 0 Å². The van der Waals surface area contributed by atoms with E-state index in [1.807, 2.05) is 0 Å². The number of carbonyl (C=O) groups excluding carboxylic acids is 1. The maximum Gasteiger partial charge on any atom is 0.249 e. The van der Waals surface area contributed by atoms with E-state index in [1.54, 1.807) is 7.11 Å². The van der Waals surface area contributed by atoms with E-state index in [0.717, 1.165) is 13.0 Å². The minimum absolute atomic E-state index is 0.210. The zero-order valence-corrected chi connectivity index (χ0v) is 7.45. The zero-order valence-electron chi connectivity index (χ0n) is 7.45. The standard InChI is InChI=1S/C9H15NO2/c1-12-10-6-7-4-2-3-5-8(7)9(10)11/h7-8H,2-6H2,1H3. The second kappa shape index (κ2) is 3.05. The average molecular weight is 169 g/mol. The number of rotatable bonds is 1. The lowest BCUT2D eigenvalue weighted by Gasteiger charge is -2.20. The van der Waals surface area contributed by atoms with Gasteiger partial charge in [-0.25, -0.2) is 5.06 Å². The van der Waals surface area contributed by atoms with Gasteiger partial charge in [-0.2, -0.15) is 0 Å². The molecular formula is C9H15NO2. The van der Waals surface area contributed by atoms with Crippen molar-refractivity contribution in [3.63, 3.8) is 0 Å². The molecule has 3 heteroatoms. The Kier molecular flexibility index (Phi) is 2.05. The highest BCUT2D eigenvalue weighted by molar-refractivity contribution is 5.80. The summed E-state index contributed by atoms with van der Waals surface area (Å²) in [5, 5.41) is 1.53. The van der Waals surface area contributed by atoms with Gasteiger partial charge in [-0.05, 0) is 18.8 Å². The number of carbonyl (C=O) groups is 1. The Balaban J connectivity index is 2.08. The highest BCUT2D eigenvalue weighted by Crippen LogP contribution is 2.36. The fourth-order valence-electron chi connectivity index (χ4n) is 2.40. The minimum atomic E-state index is 0.210. The van der Waals surface area contributed by atoms with E-state index >= 15 is 0 Å². The predicted molar refractivity (Wildman–Crippen MR) is 44.2 cm³/mol. The van der Waals surface area contributed by atoms with E-state index in [2.05, 4.69) is 0 Å². The molecule has 2 atom stereocenters. The van der Waals surface area contributed by atoms with Gasteiger partial charge < -0.3 is 0 Å². The van der Waals surface area contributed by atoms with Gasteiger partial charge >= 0.3 is 0 Å². The Morgan fingerprint density at radius 1 is 1.42 bits per heavy atom. The smallest absolute Gasteiger partial charge is 0.249 e. The van der Waals surface area contributed by atoms with Crippen molar-refractivity contribution in [2.75, 3.05) is 13.7 Å². The third-order valence-electron chi connectivity index (χ3n) is 3.09. The van der Waals surface area contributed by atoms with E-state index in [1.165, 1.54) is 24.3 Å². The molecule has 0 spiro atoms. The van der Waals surface area contributed by atoms with Crippen LogP contribution in [0.2, 0.25) is 0 Å². The van der Waals surface area contributed by atoms with Gasteiger partial charge in [0.15, 0.2) is 0 Å². The first-order valence-electron chi connectivity index (χ1n) is 4.68. The molecule has 0 radical (unpaired) electrons. The molecule has 2 fully saturated rings. The van der Waals surface area contributed by atoms with Gasteiger partial charge in [0, 0.05) is 5.92 Å². The van der Waals surface area contributed by atoms with E-state index in [0.29, 0.717) is 5.92 Å². The van der Waals surface area contributed by atoms with E-state index in [9.17, 15) is 4.79 Å². The van der Waals surface area contributed by atoms with E-state index in [4.69, 9.17) is 4.84 Å². The van der Waals surface area contributed by atoms with Crippen LogP contribution in [0.1, 0.15) is 25.7 Å². The molecule has 0 N–H and O–H groups in total. The lowest BCUT2D eigenvalue weighted by atomic mass is 9.81. The largest absolute Gasteiger partial charge is 0.274 e. The number of nitrogens with zero attached hydrogens (tertiary/aromatic N) is 1. The molecule has 1 heterocycles. The Morgan fingerprint density at radius 3 is 2.83 bits per heavy atom. The minimum Gasteiger partial charge on any atom is -0.274 e. The molecule has 12 heavy (non-hydrogen) atoms. The van der Waals surface area contributed by atoms with Crippen LogP contribution >= 0.6 is 0 Å². The summed E-state index contributed by atoms with van der Waals surface area (Å²) in [4.78, 5) is 16.6. The highest BCUT2D eigenvalue weighted by Gasteiger charge is 2.41. The quantitative estimate of drug-likeness (QED) is 0.590. The van der Waals surface area contributed by atoms with Gasteiger partial charge in [0.1, 0.15) is 0 Å². The summed E-state index contributed by atoms with van der Waals surface area (Å²) in [7, 11) is 1.58. The van der Waals surface area contributed by atoms with Crippen molar-refractivity contribution in [3.05, 3.63) is 0 Å². The van der Waals surface area contributed by atoms with Crippen LogP contribution < -0.4 is 0 Å². The highest BCUT2D eigenvalue weighted by atomic mass is 16.7. The second-order valence-electron chi connectivity index (χ2n) is 3.73. The van der Waals surface area contributed by atoms with Gasteiger partial charge in [0.05, 0.1) is 13.7 Å². The molecule has 3 nitrogen and oxygen atoms in total. The number of fused-ring (bicyclic) bond motifs is 1. The summed E-state index contributed by atoms with van der Waals surface area (Å²) in [6.45, 7) is 0.819.